The maximum atomic E-state index is 12.9. The van der Waals surface area contributed by atoms with Gasteiger partial charge in [-0.1, -0.05) is 18.3 Å². The maximum absolute atomic E-state index is 12.9. The van der Waals surface area contributed by atoms with Crippen molar-refractivity contribution in [2.24, 2.45) is 7.05 Å². The third kappa shape index (κ3) is 3.77. The molecule has 2 saturated heterocycles. The van der Waals surface area contributed by atoms with E-state index in [1.165, 1.54) is 24.2 Å². The number of aryl methyl sites for hydroxylation is 1. The molecule has 0 atom stereocenters. The molecule has 4 rings (SSSR count). The Morgan fingerprint density at radius 3 is 2.57 bits per heavy atom. The lowest BCUT2D eigenvalue weighted by molar-refractivity contribution is 0.0714. The summed E-state index contributed by atoms with van der Waals surface area (Å²) in [4.78, 5) is 22.3. The van der Waals surface area contributed by atoms with Crippen molar-refractivity contribution in [2.75, 3.05) is 31.9 Å². The average Bonchev–Trinajstić information content (AvgIpc) is 3.43. The summed E-state index contributed by atoms with van der Waals surface area (Å²) < 4.78 is 2.17. The van der Waals surface area contributed by atoms with Crippen molar-refractivity contribution in [3.05, 3.63) is 22.2 Å². The van der Waals surface area contributed by atoms with Crippen molar-refractivity contribution in [3.8, 4) is 0 Å². The summed E-state index contributed by atoms with van der Waals surface area (Å²) in [6, 6.07) is 0. The predicted octanol–water partition coefficient (Wildman–Crippen LogP) is 2.03. The second-order valence-electron chi connectivity index (χ2n) is 7.76. The molecule has 0 unspecified atom stereocenters. The fourth-order valence-corrected chi connectivity index (χ4v) is 5.16. The van der Waals surface area contributed by atoms with Crippen LogP contribution in [0.5, 0.6) is 0 Å². The van der Waals surface area contributed by atoms with Gasteiger partial charge >= 0.3 is 0 Å². The maximum Gasteiger partial charge on any atom is 0.265 e. The molecule has 0 spiro atoms. The lowest BCUT2D eigenvalue weighted by atomic mass is 9.95. The number of aromatic nitrogens is 4. The number of nitrogens with two attached hydrogens (primary N) is 1. The highest BCUT2D eigenvalue weighted by Crippen LogP contribution is 2.30. The summed E-state index contributed by atoms with van der Waals surface area (Å²) in [6.45, 7) is 6.67. The third-order valence-electron chi connectivity index (χ3n) is 5.95. The van der Waals surface area contributed by atoms with Gasteiger partial charge in [0.1, 0.15) is 16.5 Å². The molecule has 1 amide bonds. The molecule has 2 aliphatic heterocycles. The molecule has 8 nitrogen and oxygen atoms in total. The first-order valence-corrected chi connectivity index (χ1v) is 11.0. The number of likely N-dealkylation sites (tertiary alicyclic amines) is 2. The van der Waals surface area contributed by atoms with E-state index in [1.54, 1.807) is 0 Å². The summed E-state index contributed by atoms with van der Waals surface area (Å²) in [5, 5.41) is 9.42. The van der Waals surface area contributed by atoms with Gasteiger partial charge in [-0.25, -0.2) is 4.98 Å². The van der Waals surface area contributed by atoms with Crippen molar-refractivity contribution in [3.63, 3.8) is 0 Å². The molecule has 2 aliphatic rings. The summed E-state index contributed by atoms with van der Waals surface area (Å²) in [6.07, 6.45) is 5.11. The number of hydrogen-bond acceptors (Lipinski definition) is 7. The first-order chi connectivity index (χ1) is 13.6. The minimum atomic E-state index is 0.0668. The predicted molar refractivity (Wildman–Crippen MR) is 109 cm³/mol. The van der Waals surface area contributed by atoms with Gasteiger partial charge in [0.2, 0.25) is 0 Å². The van der Waals surface area contributed by atoms with E-state index in [1.807, 2.05) is 11.8 Å². The minimum absolute atomic E-state index is 0.0668. The Balaban J connectivity index is 1.39. The normalized spacial score (nSPS) is 18.9. The Bertz CT molecular complexity index is 831. The summed E-state index contributed by atoms with van der Waals surface area (Å²) >= 11 is 1.30. The first kappa shape index (κ1) is 19.3. The molecule has 0 bridgehead atoms. The fourth-order valence-electron chi connectivity index (χ4n) is 4.27. The van der Waals surface area contributed by atoms with E-state index in [4.69, 9.17) is 5.73 Å². The number of piperidine rings is 1. The molecule has 2 aromatic heterocycles. The van der Waals surface area contributed by atoms with Crippen LogP contribution >= 0.6 is 11.3 Å². The van der Waals surface area contributed by atoms with Gasteiger partial charge in [-0.2, -0.15) is 0 Å². The van der Waals surface area contributed by atoms with Crippen LogP contribution in [-0.2, 0) is 20.0 Å². The smallest absolute Gasteiger partial charge is 0.265 e. The van der Waals surface area contributed by atoms with Crippen LogP contribution in [0.3, 0.4) is 0 Å². The van der Waals surface area contributed by atoms with Gasteiger partial charge in [-0.05, 0) is 45.2 Å². The lowest BCUT2D eigenvalue weighted by Gasteiger charge is -2.31. The highest BCUT2D eigenvalue weighted by molar-refractivity contribution is 7.17. The van der Waals surface area contributed by atoms with E-state index >= 15 is 0 Å². The highest BCUT2D eigenvalue weighted by Gasteiger charge is 2.30. The standard InChI is InChI=1S/C19H29N7OS/c1-3-14-16(28-19(20)21-14)18(27)26-10-6-13(7-11-26)17-23-22-15(24(17)2)12-25-8-4-5-9-25/h13H,3-12H2,1-2H3,(H2,20,21). The number of hydrogen-bond donors (Lipinski definition) is 1. The van der Waals surface area contributed by atoms with Gasteiger partial charge in [0, 0.05) is 26.1 Å². The van der Waals surface area contributed by atoms with Crippen LogP contribution in [0.1, 0.15) is 65.5 Å². The van der Waals surface area contributed by atoms with Gasteiger partial charge in [-0.3, -0.25) is 9.69 Å². The zero-order valence-electron chi connectivity index (χ0n) is 16.7. The van der Waals surface area contributed by atoms with E-state index in [0.29, 0.717) is 15.9 Å². The monoisotopic (exact) mass is 403 g/mol. The number of nitrogens with zero attached hydrogens (tertiary/aromatic N) is 6. The Morgan fingerprint density at radius 2 is 1.89 bits per heavy atom. The lowest BCUT2D eigenvalue weighted by Crippen LogP contribution is -2.38. The average molecular weight is 404 g/mol. The summed E-state index contributed by atoms with van der Waals surface area (Å²) in [5.41, 5.74) is 6.63. The van der Waals surface area contributed by atoms with E-state index in [0.717, 1.165) is 69.3 Å². The van der Waals surface area contributed by atoms with Gasteiger partial charge in [0.05, 0.1) is 12.2 Å². The SMILES string of the molecule is CCc1nc(N)sc1C(=O)N1CCC(c2nnc(CN3CCCC3)n2C)CC1. The van der Waals surface area contributed by atoms with Crippen molar-refractivity contribution >= 4 is 22.4 Å². The Labute approximate surface area is 169 Å². The summed E-state index contributed by atoms with van der Waals surface area (Å²) in [5.74, 6) is 2.52. The molecule has 4 heterocycles. The van der Waals surface area contributed by atoms with Crippen molar-refractivity contribution in [2.45, 2.75) is 51.5 Å². The number of carbonyl (C=O) groups excluding carboxylic acids is 1. The molecule has 2 N–H and O–H groups in total. The Kier molecular flexibility index (Phi) is 5.63. The molecule has 0 saturated carbocycles. The largest absolute Gasteiger partial charge is 0.375 e. The number of nitrogen functional groups attached to an aromatic ring is 1. The Hall–Kier alpha value is -2.00. The Morgan fingerprint density at radius 1 is 1.18 bits per heavy atom. The van der Waals surface area contributed by atoms with Crippen molar-refractivity contribution in [1.29, 1.82) is 0 Å². The number of carbonyl (C=O) groups is 1. The van der Waals surface area contributed by atoms with E-state index < -0.39 is 0 Å². The van der Waals surface area contributed by atoms with Crippen LogP contribution in [0.25, 0.3) is 0 Å². The molecular formula is C19H29N7OS. The van der Waals surface area contributed by atoms with Crippen molar-refractivity contribution < 1.29 is 4.79 Å². The quantitative estimate of drug-likeness (QED) is 0.821. The zero-order chi connectivity index (χ0) is 19.7. The fraction of sp³-hybridized carbons (Fsp3) is 0.684. The number of anilines is 1. The molecule has 0 radical (unpaired) electrons. The van der Waals surface area contributed by atoms with E-state index in [9.17, 15) is 4.79 Å². The van der Waals surface area contributed by atoms with Gasteiger partial charge in [0.15, 0.2) is 5.13 Å². The van der Waals surface area contributed by atoms with Gasteiger partial charge < -0.3 is 15.2 Å². The van der Waals surface area contributed by atoms with Crippen LogP contribution in [0.15, 0.2) is 0 Å². The number of thiazole rings is 1. The van der Waals surface area contributed by atoms with Crippen LogP contribution in [0.4, 0.5) is 5.13 Å². The molecule has 152 valence electrons. The van der Waals surface area contributed by atoms with E-state index in [-0.39, 0.29) is 5.91 Å². The third-order valence-corrected chi connectivity index (χ3v) is 6.87. The second kappa shape index (κ2) is 8.16. The summed E-state index contributed by atoms with van der Waals surface area (Å²) in [7, 11) is 2.08. The molecule has 9 heteroatoms. The van der Waals surface area contributed by atoms with Gasteiger partial charge in [-0.15, -0.1) is 10.2 Å². The van der Waals surface area contributed by atoms with Crippen LogP contribution in [0, 0.1) is 0 Å². The molecule has 2 aromatic rings. The van der Waals surface area contributed by atoms with Gasteiger partial charge in [0.25, 0.3) is 5.91 Å². The molecular weight excluding hydrogens is 374 g/mol. The minimum Gasteiger partial charge on any atom is -0.375 e. The van der Waals surface area contributed by atoms with Crippen molar-refractivity contribution in [1.82, 2.24) is 29.5 Å². The zero-order valence-corrected chi connectivity index (χ0v) is 17.5. The highest BCUT2D eigenvalue weighted by atomic mass is 32.1. The first-order valence-electron chi connectivity index (χ1n) is 10.2. The van der Waals surface area contributed by atoms with E-state index in [2.05, 4.69) is 31.7 Å². The molecule has 0 aliphatic carbocycles. The number of amides is 1. The van der Waals surface area contributed by atoms with Crippen LogP contribution in [-0.4, -0.2) is 61.6 Å². The van der Waals surface area contributed by atoms with Crippen LogP contribution < -0.4 is 5.73 Å². The molecule has 28 heavy (non-hydrogen) atoms. The second-order valence-corrected chi connectivity index (χ2v) is 8.80. The topological polar surface area (TPSA) is 93.2 Å². The number of rotatable bonds is 5. The van der Waals surface area contributed by atoms with Crippen LogP contribution in [0.2, 0.25) is 0 Å². The molecule has 0 aromatic carbocycles. The molecule has 2 fully saturated rings.